The van der Waals surface area contributed by atoms with Crippen LogP contribution in [-0.2, 0) is 4.74 Å². The van der Waals surface area contributed by atoms with Gasteiger partial charge in [-0.1, -0.05) is 0 Å². The molecule has 1 N–H and O–H groups in total. The van der Waals surface area contributed by atoms with Gasteiger partial charge < -0.3 is 5.11 Å². The average Bonchev–Trinajstić information content (AvgIpc) is 1.79. The number of alkyl halides is 7. The van der Waals surface area contributed by atoms with Crippen molar-refractivity contribution in [2.75, 3.05) is 6.61 Å². The predicted octanol–water partition coefficient (Wildman–Crippen LogP) is 2.13. The third-order valence-electron chi connectivity index (χ3n) is 1.13. The number of aliphatic hydroxyl groups is 1. The number of halogens is 7. The summed E-state index contributed by atoms with van der Waals surface area (Å²) in [6.07, 6.45) is -13.5. The highest BCUT2D eigenvalue weighted by Gasteiger charge is 2.62. The average molecular weight is 230 g/mol. The first-order chi connectivity index (χ1) is 6.02. The van der Waals surface area contributed by atoms with E-state index in [1.807, 2.05) is 0 Å². The second kappa shape index (κ2) is 3.89. The van der Waals surface area contributed by atoms with Gasteiger partial charge in [-0.05, 0) is 0 Å². The summed E-state index contributed by atoms with van der Waals surface area (Å²) in [6, 6.07) is 0. The molecule has 0 bridgehead atoms. The molecule has 0 unspecified atom stereocenters. The third-order valence-corrected chi connectivity index (χ3v) is 1.13. The van der Waals surface area contributed by atoms with Crippen LogP contribution in [0.4, 0.5) is 30.7 Å². The largest absolute Gasteiger partial charge is 0.525 e. The lowest BCUT2D eigenvalue weighted by Crippen LogP contribution is -2.47. The molecule has 0 rings (SSSR count). The monoisotopic (exact) mass is 230 g/mol. The lowest BCUT2D eigenvalue weighted by atomic mass is 10.2. The summed E-state index contributed by atoms with van der Waals surface area (Å²) in [5, 5.41) is 7.97. The van der Waals surface area contributed by atoms with Crippen molar-refractivity contribution in [3.8, 4) is 0 Å². The molecule has 0 aromatic carbocycles. The van der Waals surface area contributed by atoms with Crippen molar-refractivity contribution >= 4 is 0 Å². The van der Waals surface area contributed by atoms with Gasteiger partial charge >= 0.3 is 18.4 Å². The molecule has 0 saturated carbocycles. The molecule has 0 radical (unpaired) electrons. The molecule has 86 valence electrons. The lowest BCUT2D eigenvalue weighted by Gasteiger charge is -2.27. The summed E-state index contributed by atoms with van der Waals surface area (Å²) < 4.78 is 84.1. The van der Waals surface area contributed by atoms with E-state index in [-0.39, 0.29) is 0 Å². The summed E-state index contributed by atoms with van der Waals surface area (Å²) in [7, 11) is 0. The standard InChI is InChI=1S/C5H5F7O2/c6-3(1-2-13,4(7,8)9)14-5(10,11)12/h13H,1-2H2/t3-/m1/s1. The Balaban J connectivity index is 4.74. The Morgan fingerprint density at radius 1 is 0.929 bits per heavy atom. The van der Waals surface area contributed by atoms with Gasteiger partial charge in [0, 0.05) is 13.0 Å². The van der Waals surface area contributed by atoms with Crippen molar-refractivity contribution in [3.63, 3.8) is 0 Å². The first kappa shape index (κ1) is 13.4. The molecule has 9 heteroatoms. The maximum atomic E-state index is 12.6. The fraction of sp³-hybridized carbons (Fsp3) is 1.00. The second-order valence-electron chi connectivity index (χ2n) is 2.25. The van der Waals surface area contributed by atoms with E-state index in [9.17, 15) is 30.7 Å². The van der Waals surface area contributed by atoms with E-state index >= 15 is 0 Å². The molecule has 0 spiro atoms. The van der Waals surface area contributed by atoms with Crippen molar-refractivity contribution in [2.45, 2.75) is 24.8 Å². The van der Waals surface area contributed by atoms with E-state index in [2.05, 4.69) is 4.74 Å². The van der Waals surface area contributed by atoms with Gasteiger partial charge in [0.05, 0.1) is 0 Å². The molecule has 0 heterocycles. The van der Waals surface area contributed by atoms with Crippen LogP contribution in [0.15, 0.2) is 0 Å². The Labute approximate surface area is 73.3 Å². The van der Waals surface area contributed by atoms with Crippen LogP contribution < -0.4 is 0 Å². The van der Waals surface area contributed by atoms with E-state index in [1.54, 1.807) is 0 Å². The Hall–Kier alpha value is -0.570. The predicted molar refractivity (Wildman–Crippen MR) is 28.7 cm³/mol. The number of hydrogen-bond donors (Lipinski definition) is 1. The van der Waals surface area contributed by atoms with Gasteiger partial charge in [0.25, 0.3) is 0 Å². The fourth-order valence-corrected chi connectivity index (χ4v) is 0.578. The number of hydrogen-bond acceptors (Lipinski definition) is 2. The first-order valence-corrected chi connectivity index (χ1v) is 3.15. The van der Waals surface area contributed by atoms with Crippen molar-refractivity contribution in [1.29, 1.82) is 0 Å². The molecule has 0 aromatic rings. The second-order valence-corrected chi connectivity index (χ2v) is 2.25. The minimum Gasteiger partial charge on any atom is -0.396 e. The zero-order valence-electron chi connectivity index (χ0n) is 6.42. The lowest BCUT2D eigenvalue weighted by molar-refractivity contribution is -0.449. The minimum atomic E-state index is -5.86. The highest BCUT2D eigenvalue weighted by atomic mass is 19.4. The molecule has 0 aliphatic heterocycles. The molecule has 0 aliphatic rings. The van der Waals surface area contributed by atoms with Crippen LogP contribution in [0.5, 0.6) is 0 Å². The van der Waals surface area contributed by atoms with Gasteiger partial charge in [0.15, 0.2) is 0 Å². The van der Waals surface area contributed by atoms with Gasteiger partial charge in [-0.2, -0.15) is 13.2 Å². The summed E-state index contributed by atoms with van der Waals surface area (Å²) in [6.45, 7) is -1.42. The highest BCUT2D eigenvalue weighted by molar-refractivity contribution is 4.77. The van der Waals surface area contributed by atoms with Crippen LogP contribution in [0.2, 0.25) is 0 Å². The van der Waals surface area contributed by atoms with Crippen LogP contribution in [0.3, 0.4) is 0 Å². The summed E-state index contributed by atoms with van der Waals surface area (Å²) in [4.78, 5) is 0. The number of aliphatic hydroxyl groups excluding tert-OH is 1. The molecule has 1 atom stereocenters. The van der Waals surface area contributed by atoms with Gasteiger partial charge in [-0.25, -0.2) is 9.13 Å². The zero-order chi connectivity index (χ0) is 11.6. The third kappa shape index (κ3) is 3.66. The molecule has 2 nitrogen and oxygen atoms in total. The van der Waals surface area contributed by atoms with Crippen LogP contribution in [0.1, 0.15) is 6.42 Å². The van der Waals surface area contributed by atoms with Crippen molar-refractivity contribution in [1.82, 2.24) is 0 Å². The fourth-order valence-electron chi connectivity index (χ4n) is 0.578. The maximum Gasteiger partial charge on any atom is 0.525 e. The van der Waals surface area contributed by atoms with Crippen LogP contribution >= 0.6 is 0 Å². The number of rotatable bonds is 3. The smallest absolute Gasteiger partial charge is 0.396 e. The van der Waals surface area contributed by atoms with Crippen LogP contribution in [0, 0.1) is 0 Å². The van der Waals surface area contributed by atoms with E-state index in [0.29, 0.717) is 0 Å². The topological polar surface area (TPSA) is 29.5 Å². The molecular formula is C5H5F7O2. The highest BCUT2D eigenvalue weighted by Crippen LogP contribution is 2.41. The normalized spacial score (nSPS) is 18.0. The van der Waals surface area contributed by atoms with Crippen LogP contribution in [0.25, 0.3) is 0 Å². The Bertz CT molecular complexity index is 185. The Morgan fingerprint density at radius 3 is 1.57 bits per heavy atom. The van der Waals surface area contributed by atoms with E-state index in [0.717, 1.165) is 0 Å². The molecule has 0 amide bonds. The summed E-state index contributed by atoms with van der Waals surface area (Å²) in [5.41, 5.74) is 0. The van der Waals surface area contributed by atoms with Gasteiger partial charge in [0.2, 0.25) is 0 Å². The maximum absolute atomic E-state index is 12.6. The quantitative estimate of drug-likeness (QED) is 0.752. The molecule has 14 heavy (non-hydrogen) atoms. The van der Waals surface area contributed by atoms with Crippen molar-refractivity contribution < 1.29 is 40.6 Å². The molecule has 0 aromatic heterocycles. The molecule has 0 saturated heterocycles. The zero-order valence-corrected chi connectivity index (χ0v) is 6.42. The van der Waals surface area contributed by atoms with E-state index in [1.165, 1.54) is 0 Å². The van der Waals surface area contributed by atoms with Crippen molar-refractivity contribution in [2.24, 2.45) is 0 Å². The van der Waals surface area contributed by atoms with Crippen molar-refractivity contribution in [3.05, 3.63) is 0 Å². The van der Waals surface area contributed by atoms with E-state index < -0.39 is 31.4 Å². The number of ether oxygens (including phenoxy) is 1. The molecule has 0 fully saturated rings. The summed E-state index contributed by atoms with van der Waals surface area (Å²) >= 11 is 0. The Morgan fingerprint density at radius 2 is 1.36 bits per heavy atom. The Kier molecular flexibility index (Phi) is 3.73. The first-order valence-electron chi connectivity index (χ1n) is 3.15. The van der Waals surface area contributed by atoms with E-state index in [4.69, 9.17) is 5.11 Å². The van der Waals surface area contributed by atoms with Gasteiger partial charge in [-0.3, -0.25) is 0 Å². The summed E-state index contributed by atoms with van der Waals surface area (Å²) in [5.74, 6) is -4.90. The van der Waals surface area contributed by atoms with Gasteiger partial charge in [-0.15, -0.1) is 13.2 Å². The molecular weight excluding hydrogens is 225 g/mol. The SMILES string of the molecule is OCC[C@@](F)(OC(F)(F)F)C(F)(F)F. The van der Waals surface area contributed by atoms with Crippen LogP contribution in [-0.4, -0.2) is 30.1 Å². The van der Waals surface area contributed by atoms with Gasteiger partial charge in [0.1, 0.15) is 0 Å². The molecule has 0 aliphatic carbocycles. The minimum absolute atomic E-state index is 1.42.